The SMILES string of the molecule is Cc1nc2n(c1C)CCN(CC(O)c1ccc(Cl)cc1)C2. The van der Waals surface area contributed by atoms with Crippen LogP contribution in [0, 0.1) is 13.8 Å². The topological polar surface area (TPSA) is 41.3 Å². The number of hydrogen-bond donors (Lipinski definition) is 1. The van der Waals surface area contributed by atoms with Gasteiger partial charge >= 0.3 is 0 Å². The van der Waals surface area contributed by atoms with E-state index in [-0.39, 0.29) is 0 Å². The predicted octanol–water partition coefficient (Wildman–Crippen LogP) is 2.70. The number of aliphatic hydroxyl groups excluding tert-OH is 1. The summed E-state index contributed by atoms with van der Waals surface area (Å²) < 4.78 is 2.28. The fourth-order valence-corrected chi connectivity index (χ4v) is 2.98. The Hall–Kier alpha value is -1.36. The predicted molar refractivity (Wildman–Crippen MR) is 83.4 cm³/mol. The average molecular weight is 306 g/mol. The smallest absolute Gasteiger partial charge is 0.123 e. The molecule has 0 saturated heterocycles. The molecule has 2 heterocycles. The maximum atomic E-state index is 10.4. The molecule has 0 aliphatic carbocycles. The Kier molecular flexibility index (Phi) is 4.02. The van der Waals surface area contributed by atoms with Crippen LogP contribution in [0.25, 0.3) is 0 Å². The Morgan fingerprint density at radius 3 is 2.67 bits per heavy atom. The number of β-amino-alcohol motifs (C(OH)–C–C–N with tert-alkyl or cyclic N) is 1. The molecule has 4 nitrogen and oxygen atoms in total. The number of imidazole rings is 1. The van der Waals surface area contributed by atoms with E-state index in [0.29, 0.717) is 11.6 Å². The standard InChI is InChI=1S/C16H20ClN3O/c1-11-12(2)20-8-7-19(10-16(20)18-11)9-15(21)13-3-5-14(17)6-4-13/h3-6,15,21H,7-10H2,1-2H3. The van der Waals surface area contributed by atoms with Crippen LogP contribution < -0.4 is 0 Å². The van der Waals surface area contributed by atoms with Gasteiger partial charge in [-0.05, 0) is 31.5 Å². The van der Waals surface area contributed by atoms with Gasteiger partial charge in [-0.25, -0.2) is 4.98 Å². The third-order valence-corrected chi connectivity index (χ3v) is 4.48. The van der Waals surface area contributed by atoms with Gasteiger partial charge in [0.2, 0.25) is 0 Å². The van der Waals surface area contributed by atoms with E-state index in [1.54, 1.807) is 0 Å². The Bertz CT molecular complexity index is 636. The number of aliphatic hydroxyl groups is 1. The minimum absolute atomic E-state index is 0.494. The van der Waals surface area contributed by atoms with E-state index >= 15 is 0 Å². The molecule has 21 heavy (non-hydrogen) atoms. The number of rotatable bonds is 3. The van der Waals surface area contributed by atoms with E-state index in [4.69, 9.17) is 11.6 Å². The fraction of sp³-hybridized carbons (Fsp3) is 0.438. The molecule has 0 saturated carbocycles. The van der Waals surface area contributed by atoms with Gasteiger partial charge in [-0.3, -0.25) is 4.90 Å². The molecule has 1 atom stereocenters. The Morgan fingerprint density at radius 1 is 1.24 bits per heavy atom. The van der Waals surface area contributed by atoms with Gasteiger partial charge in [0, 0.05) is 30.4 Å². The van der Waals surface area contributed by atoms with E-state index in [9.17, 15) is 5.11 Å². The van der Waals surface area contributed by atoms with Crippen LogP contribution in [-0.2, 0) is 13.1 Å². The second-order valence-corrected chi connectivity index (χ2v) is 6.09. The molecule has 1 aromatic heterocycles. The number of benzene rings is 1. The average Bonchev–Trinajstić information content (AvgIpc) is 2.74. The highest BCUT2D eigenvalue weighted by Gasteiger charge is 2.22. The summed E-state index contributed by atoms with van der Waals surface area (Å²) in [5, 5.41) is 11.1. The first-order valence-corrected chi connectivity index (χ1v) is 7.61. The van der Waals surface area contributed by atoms with Crippen LogP contribution in [0.3, 0.4) is 0 Å². The molecule has 1 aliphatic heterocycles. The van der Waals surface area contributed by atoms with Crippen LogP contribution in [-0.4, -0.2) is 32.6 Å². The van der Waals surface area contributed by atoms with Crippen molar-refractivity contribution in [3.8, 4) is 0 Å². The van der Waals surface area contributed by atoms with Gasteiger partial charge in [0.25, 0.3) is 0 Å². The monoisotopic (exact) mass is 305 g/mol. The number of aromatic nitrogens is 2. The molecule has 0 bridgehead atoms. The number of nitrogens with zero attached hydrogens (tertiary/aromatic N) is 3. The molecule has 2 aromatic rings. The molecule has 5 heteroatoms. The lowest BCUT2D eigenvalue weighted by Gasteiger charge is -2.30. The summed E-state index contributed by atoms with van der Waals surface area (Å²) in [6.45, 7) is 7.45. The van der Waals surface area contributed by atoms with E-state index in [1.807, 2.05) is 31.2 Å². The largest absolute Gasteiger partial charge is 0.387 e. The van der Waals surface area contributed by atoms with Crippen molar-refractivity contribution in [2.45, 2.75) is 33.0 Å². The van der Waals surface area contributed by atoms with Gasteiger partial charge in [-0.2, -0.15) is 0 Å². The third-order valence-electron chi connectivity index (χ3n) is 4.23. The van der Waals surface area contributed by atoms with Crippen LogP contribution >= 0.6 is 11.6 Å². The minimum Gasteiger partial charge on any atom is -0.387 e. The number of halogens is 1. The van der Waals surface area contributed by atoms with Crippen molar-refractivity contribution in [1.82, 2.24) is 14.5 Å². The molecule has 0 radical (unpaired) electrons. The Labute approximate surface area is 130 Å². The Morgan fingerprint density at radius 2 is 1.95 bits per heavy atom. The lowest BCUT2D eigenvalue weighted by atomic mass is 10.1. The summed E-state index contributed by atoms with van der Waals surface area (Å²) in [4.78, 5) is 6.87. The molecule has 1 aliphatic rings. The van der Waals surface area contributed by atoms with Crippen molar-refractivity contribution >= 4 is 11.6 Å². The first-order valence-electron chi connectivity index (χ1n) is 7.23. The van der Waals surface area contributed by atoms with Crippen LogP contribution in [0.2, 0.25) is 5.02 Å². The lowest BCUT2D eigenvalue weighted by molar-refractivity contribution is 0.0960. The van der Waals surface area contributed by atoms with E-state index in [0.717, 1.165) is 36.7 Å². The molecular weight excluding hydrogens is 286 g/mol. The first kappa shape index (κ1) is 14.6. The molecule has 112 valence electrons. The van der Waals surface area contributed by atoms with E-state index in [1.165, 1.54) is 5.69 Å². The summed E-state index contributed by atoms with van der Waals surface area (Å²) in [5.74, 6) is 1.10. The summed E-state index contributed by atoms with van der Waals surface area (Å²) >= 11 is 5.88. The molecule has 3 rings (SSSR count). The van der Waals surface area contributed by atoms with Gasteiger partial charge in [-0.1, -0.05) is 23.7 Å². The van der Waals surface area contributed by atoms with Crippen LogP contribution in [0.4, 0.5) is 0 Å². The van der Waals surface area contributed by atoms with E-state index in [2.05, 4.69) is 21.4 Å². The second kappa shape index (κ2) is 5.79. The third kappa shape index (κ3) is 2.98. The lowest BCUT2D eigenvalue weighted by Crippen LogP contribution is -2.36. The molecule has 0 amide bonds. The van der Waals surface area contributed by atoms with Gasteiger partial charge in [0.05, 0.1) is 18.3 Å². The molecular formula is C16H20ClN3O. The molecule has 0 spiro atoms. The molecule has 1 unspecified atom stereocenters. The van der Waals surface area contributed by atoms with Crippen molar-refractivity contribution in [1.29, 1.82) is 0 Å². The van der Waals surface area contributed by atoms with Gasteiger partial charge in [0.1, 0.15) is 5.82 Å². The van der Waals surface area contributed by atoms with Crippen LogP contribution in [0.15, 0.2) is 24.3 Å². The van der Waals surface area contributed by atoms with Crippen molar-refractivity contribution in [3.05, 3.63) is 52.1 Å². The molecule has 1 N–H and O–H groups in total. The zero-order chi connectivity index (χ0) is 15.0. The summed E-state index contributed by atoms with van der Waals surface area (Å²) in [6.07, 6.45) is -0.494. The summed E-state index contributed by atoms with van der Waals surface area (Å²) in [6, 6.07) is 7.39. The highest BCUT2D eigenvalue weighted by atomic mass is 35.5. The minimum atomic E-state index is -0.494. The number of aryl methyl sites for hydroxylation is 1. The van der Waals surface area contributed by atoms with Crippen molar-refractivity contribution in [2.75, 3.05) is 13.1 Å². The number of fused-ring (bicyclic) bond motifs is 1. The fourth-order valence-electron chi connectivity index (χ4n) is 2.85. The van der Waals surface area contributed by atoms with Crippen molar-refractivity contribution in [2.24, 2.45) is 0 Å². The normalized spacial score (nSPS) is 16.8. The zero-order valence-corrected chi connectivity index (χ0v) is 13.1. The summed E-state index contributed by atoms with van der Waals surface area (Å²) in [5.41, 5.74) is 3.26. The maximum absolute atomic E-state index is 10.4. The number of hydrogen-bond acceptors (Lipinski definition) is 3. The Balaban J connectivity index is 1.68. The van der Waals surface area contributed by atoms with Crippen LogP contribution in [0.1, 0.15) is 28.9 Å². The summed E-state index contributed by atoms with van der Waals surface area (Å²) in [7, 11) is 0. The highest BCUT2D eigenvalue weighted by molar-refractivity contribution is 6.30. The highest BCUT2D eigenvalue weighted by Crippen LogP contribution is 2.21. The van der Waals surface area contributed by atoms with E-state index < -0.39 is 6.10 Å². The van der Waals surface area contributed by atoms with Crippen molar-refractivity contribution < 1.29 is 5.11 Å². The maximum Gasteiger partial charge on any atom is 0.123 e. The molecule has 1 aromatic carbocycles. The van der Waals surface area contributed by atoms with Gasteiger partial charge in [-0.15, -0.1) is 0 Å². The van der Waals surface area contributed by atoms with Gasteiger partial charge < -0.3 is 9.67 Å². The first-order chi connectivity index (χ1) is 10.0. The van der Waals surface area contributed by atoms with Crippen LogP contribution in [0.5, 0.6) is 0 Å². The zero-order valence-electron chi connectivity index (χ0n) is 12.4. The quantitative estimate of drug-likeness (QED) is 0.948. The van der Waals surface area contributed by atoms with Crippen molar-refractivity contribution in [3.63, 3.8) is 0 Å². The second-order valence-electron chi connectivity index (χ2n) is 5.65. The molecule has 0 fully saturated rings. The van der Waals surface area contributed by atoms with Gasteiger partial charge in [0.15, 0.2) is 0 Å².